The van der Waals surface area contributed by atoms with Gasteiger partial charge in [0.2, 0.25) is 0 Å². The van der Waals surface area contributed by atoms with Crippen LogP contribution in [-0.4, -0.2) is 52.5 Å². The third kappa shape index (κ3) is 4.07. The molecule has 0 bridgehead atoms. The van der Waals surface area contributed by atoms with E-state index in [2.05, 4.69) is 34.0 Å². The molecule has 0 radical (unpaired) electrons. The summed E-state index contributed by atoms with van der Waals surface area (Å²) in [6.45, 7) is 4.29. The van der Waals surface area contributed by atoms with E-state index in [1.165, 1.54) is 0 Å². The Bertz CT molecular complexity index is 293. The molecule has 6 nitrogen and oxygen atoms in total. The third-order valence-corrected chi connectivity index (χ3v) is 2.97. The maximum Gasteiger partial charge on any atom is 0.165 e. The number of aromatic nitrogens is 4. The van der Waals surface area contributed by atoms with Gasteiger partial charge in [-0.2, -0.15) is 11.8 Å². The Balaban J connectivity index is 2.43. The molecule has 0 fully saturated rings. The van der Waals surface area contributed by atoms with Gasteiger partial charge in [-0.3, -0.25) is 0 Å². The Hall–Kier alpha value is -0.660. The van der Waals surface area contributed by atoms with E-state index in [9.17, 15) is 0 Å². The van der Waals surface area contributed by atoms with Crippen molar-refractivity contribution in [1.82, 2.24) is 25.5 Å². The normalized spacial score (nSPS) is 12.9. The van der Waals surface area contributed by atoms with Crippen molar-refractivity contribution < 1.29 is 4.74 Å². The van der Waals surface area contributed by atoms with Crippen LogP contribution in [-0.2, 0) is 11.3 Å². The van der Waals surface area contributed by atoms with Crippen LogP contribution >= 0.6 is 11.8 Å². The van der Waals surface area contributed by atoms with Gasteiger partial charge >= 0.3 is 0 Å². The maximum atomic E-state index is 4.95. The van der Waals surface area contributed by atoms with Crippen molar-refractivity contribution in [2.75, 3.05) is 32.3 Å². The fourth-order valence-corrected chi connectivity index (χ4v) is 1.98. The van der Waals surface area contributed by atoms with Crippen LogP contribution in [0.4, 0.5) is 0 Å². The largest absolute Gasteiger partial charge is 0.383 e. The van der Waals surface area contributed by atoms with E-state index in [-0.39, 0.29) is 0 Å². The summed E-state index contributed by atoms with van der Waals surface area (Å²) in [5.74, 6) is 1.88. The first kappa shape index (κ1) is 13.4. The molecule has 1 atom stereocenters. The third-order valence-electron chi connectivity index (χ3n) is 2.15. The van der Waals surface area contributed by atoms with Crippen LogP contribution in [0.5, 0.6) is 0 Å². The van der Waals surface area contributed by atoms with Crippen LogP contribution in [0.1, 0.15) is 18.8 Å². The predicted octanol–water partition coefficient (Wildman–Crippen LogP) is 0.333. The van der Waals surface area contributed by atoms with E-state index in [1.807, 2.05) is 4.68 Å². The number of thioether (sulfide) groups is 1. The van der Waals surface area contributed by atoms with Crippen molar-refractivity contribution in [1.29, 1.82) is 0 Å². The monoisotopic (exact) mass is 245 g/mol. The molecule has 1 unspecified atom stereocenters. The van der Waals surface area contributed by atoms with Crippen LogP contribution in [0.15, 0.2) is 0 Å². The highest BCUT2D eigenvalue weighted by Crippen LogP contribution is 2.11. The molecule has 92 valence electrons. The summed E-state index contributed by atoms with van der Waals surface area (Å²) in [6.07, 6.45) is 2.08. The first-order valence-electron chi connectivity index (χ1n) is 5.25. The van der Waals surface area contributed by atoms with Crippen molar-refractivity contribution >= 4 is 11.8 Å². The molecular weight excluding hydrogens is 226 g/mol. The van der Waals surface area contributed by atoms with Gasteiger partial charge < -0.3 is 10.1 Å². The van der Waals surface area contributed by atoms with Crippen LogP contribution in [0.25, 0.3) is 0 Å². The predicted molar refractivity (Wildman–Crippen MR) is 64.5 cm³/mol. The first-order valence-corrected chi connectivity index (χ1v) is 6.64. The zero-order chi connectivity index (χ0) is 11.8. The molecule has 0 amide bonds. The van der Waals surface area contributed by atoms with E-state index in [0.717, 1.165) is 18.1 Å². The summed E-state index contributed by atoms with van der Waals surface area (Å²) in [7, 11) is 1.69. The number of nitrogens with one attached hydrogen (secondary N) is 1. The molecule has 1 aromatic heterocycles. The van der Waals surface area contributed by atoms with Crippen LogP contribution in [0.3, 0.4) is 0 Å². The van der Waals surface area contributed by atoms with Gasteiger partial charge in [0.15, 0.2) is 5.82 Å². The van der Waals surface area contributed by atoms with Gasteiger partial charge in [-0.1, -0.05) is 0 Å². The summed E-state index contributed by atoms with van der Waals surface area (Å²) in [6, 6.07) is 0.323. The van der Waals surface area contributed by atoms with Gasteiger partial charge in [-0.25, -0.2) is 4.68 Å². The van der Waals surface area contributed by atoms with Gasteiger partial charge in [-0.15, -0.1) is 5.10 Å². The summed E-state index contributed by atoms with van der Waals surface area (Å²) in [5.41, 5.74) is 0. The fourth-order valence-electron chi connectivity index (χ4n) is 1.36. The van der Waals surface area contributed by atoms with Gasteiger partial charge in [0.05, 0.1) is 19.2 Å². The Morgan fingerprint density at radius 2 is 2.38 bits per heavy atom. The quantitative estimate of drug-likeness (QED) is 0.666. The Morgan fingerprint density at radius 1 is 1.56 bits per heavy atom. The molecule has 7 heteroatoms. The summed E-state index contributed by atoms with van der Waals surface area (Å²) in [4.78, 5) is 0. The average molecular weight is 245 g/mol. The lowest BCUT2D eigenvalue weighted by atomic mass is 10.4. The molecule has 0 aliphatic rings. The SMILES string of the molecule is COCCNCc1nnnn1C(C)CSC. The lowest BCUT2D eigenvalue weighted by Gasteiger charge is -2.12. The summed E-state index contributed by atoms with van der Waals surface area (Å²) in [5, 5.41) is 14.9. The molecule has 0 saturated heterocycles. The molecule has 1 heterocycles. The molecular formula is C9H19N5OS. The zero-order valence-corrected chi connectivity index (χ0v) is 10.8. The van der Waals surface area contributed by atoms with E-state index < -0.39 is 0 Å². The van der Waals surface area contributed by atoms with Gasteiger partial charge in [0.25, 0.3) is 0 Å². The van der Waals surface area contributed by atoms with Crippen LogP contribution in [0.2, 0.25) is 0 Å². The van der Waals surface area contributed by atoms with Crippen molar-refractivity contribution in [2.45, 2.75) is 19.5 Å². The maximum absolute atomic E-state index is 4.95. The standard InChI is InChI=1S/C9H19N5OS/c1-8(7-16-3)14-9(11-12-13-14)6-10-4-5-15-2/h8,10H,4-7H2,1-3H3. The van der Waals surface area contributed by atoms with E-state index in [0.29, 0.717) is 19.2 Å². The molecule has 0 spiro atoms. The van der Waals surface area contributed by atoms with Gasteiger partial charge in [-0.05, 0) is 23.6 Å². The number of ether oxygens (including phenoxy) is 1. The fraction of sp³-hybridized carbons (Fsp3) is 0.889. The molecule has 0 aromatic carbocycles. The molecule has 1 rings (SSSR count). The Morgan fingerprint density at radius 3 is 3.06 bits per heavy atom. The lowest BCUT2D eigenvalue weighted by molar-refractivity contribution is 0.198. The smallest absolute Gasteiger partial charge is 0.165 e. The second-order valence-corrected chi connectivity index (χ2v) is 4.42. The van der Waals surface area contributed by atoms with Crippen molar-refractivity contribution in [3.05, 3.63) is 5.82 Å². The second-order valence-electron chi connectivity index (χ2n) is 3.51. The van der Waals surface area contributed by atoms with Gasteiger partial charge in [0.1, 0.15) is 0 Å². The highest BCUT2D eigenvalue weighted by Gasteiger charge is 2.11. The number of hydrogen-bond acceptors (Lipinski definition) is 6. The highest BCUT2D eigenvalue weighted by molar-refractivity contribution is 7.98. The summed E-state index contributed by atoms with van der Waals surface area (Å²) >= 11 is 1.79. The first-order chi connectivity index (χ1) is 7.79. The van der Waals surface area contributed by atoms with Crippen molar-refractivity contribution in [2.24, 2.45) is 0 Å². The number of hydrogen-bond donors (Lipinski definition) is 1. The zero-order valence-electron chi connectivity index (χ0n) is 10.0. The number of tetrazole rings is 1. The molecule has 0 aliphatic carbocycles. The molecule has 0 aliphatic heterocycles. The topological polar surface area (TPSA) is 64.9 Å². The van der Waals surface area contributed by atoms with Crippen LogP contribution in [0, 0.1) is 0 Å². The van der Waals surface area contributed by atoms with E-state index >= 15 is 0 Å². The number of rotatable bonds is 8. The molecule has 1 N–H and O–H groups in total. The highest BCUT2D eigenvalue weighted by atomic mass is 32.2. The Kier molecular flexibility index (Phi) is 6.36. The van der Waals surface area contributed by atoms with E-state index in [4.69, 9.17) is 4.74 Å². The summed E-state index contributed by atoms with van der Waals surface area (Å²) < 4.78 is 6.82. The Labute approximate surface area is 100 Å². The minimum atomic E-state index is 0.323. The molecule has 0 saturated carbocycles. The lowest BCUT2D eigenvalue weighted by Crippen LogP contribution is -2.23. The molecule has 16 heavy (non-hydrogen) atoms. The van der Waals surface area contributed by atoms with Crippen molar-refractivity contribution in [3.63, 3.8) is 0 Å². The van der Waals surface area contributed by atoms with E-state index in [1.54, 1.807) is 18.9 Å². The number of methoxy groups -OCH3 is 1. The second kappa shape index (κ2) is 7.59. The van der Waals surface area contributed by atoms with Crippen LogP contribution < -0.4 is 5.32 Å². The molecule has 1 aromatic rings. The average Bonchev–Trinajstić information content (AvgIpc) is 2.73. The minimum absolute atomic E-state index is 0.323. The minimum Gasteiger partial charge on any atom is -0.383 e. The van der Waals surface area contributed by atoms with Gasteiger partial charge in [0, 0.05) is 19.4 Å². The number of nitrogens with zero attached hydrogens (tertiary/aromatic N) is 4. The van der Waals surface area contributed by atoms with Crippen molar-refractivity contribution in [3.8, 4) is 0 Å².